The second-order valence-electron chi connectivity index (χ2n) is 6.19. The van der Waals surface area contributed by atoms with Crippen LogP contribution in [0.2, 0.25) is 0 Å². The molecule has 1 amide bonds. The Morgan fingerprint density at radius 3 is 2.86 bits per heavy atom. The van der Waals surface area contributed by atoms with E-state index in [1.165, 1.54) is 23.9 Å². The number of halogens is 1. The van der Waals surface area contributed by atoms with Crippen molar-refractivity contribution in [1.82, 2.24) is 14.8 Å². The topological polar surface area (TPSA) is 78.3 Å². The molecular weight excluding hydrogens is 383 g/mol. The lowest BCUT2D eigenvalue weighted by atomic mass is 10.2. The number of rotatable bonds is 5. The van der Waals surface area contributed by atoms with Gasteiger partial charge in [0.2, 0.25) is 12.7 Å². The van der Waals surface area contributed by atoms with Crippen LogP contribution in [0, 0.1) is 5.82 Å². The summed E-state index contributed by atoms with van der Waals surface area (Å²) in [6.07, 6.45) is 0. The van der Waals surface area contributed by atoms with E-state index in [9.17, 15) is 9.18 Å². The van der Waals surface area contributed by atoms with Gasteiger partial charge in [-0.2, -0.15) is 0 Å². The molecule has 2 heterocycles. The minimum atomic E-state index is -0.423. The SMILES string of the molecule is CC(Sc1nnc(-c2cccc(F)c2)n1C)C(=O)Nc1ccc2c(c1)OCO2. The van der Waals surface area contributed by atoms with Gasteiger partial charge >= 0.3 is 0 Å². The van der Waals surface area contributed by atoms with Gasteiger partial charge in [0.1, 0.15) is 5.82 Å². The van der Waals surface area contributed by atoms with Crippen molar-refractivity contribution < 1.29 is 18.7 Å². The molecule has 1 unspecified atom stereocenters. The smallest absolute Gasteiger partial charge is 0.237 e. The first kappa shape index (κ1) is 18.3. The second-order valence-corrected chi connectivity index (χ2v) is 7.50. The van der Waals surface area contributed by atoms with E-state index in [4.69, 9.17) is 9.47 Å². The number of hydrogen-bond donors (Lipinski definition) is 1. The third-order valence-electron chi connectivity index (χ3n) is 4.21. The molecule has 1 aliphatic rings. The summed E-state index contributed by atoms with van der Waals surface area (Å²) in [7, 11) is 1.78. The fourth-order valence-electron chi connectivity index (χ4n) is 2.73. The van der Waals surface area contributed by atoms with Gasteiger partial charge in [-0.3, -0.25) is 4.79 Å². The number of nitrogens with zero attached hydrogens (tertiary/aromatic N) is 3. The number of ether oxygens (including phenoxy) is 2. The Kier molecular flexibility index (Phi) is 4.91. The van der Waals surface area contributed by atoms with E-state index in [2.05, 4.69) is 15.5 Å². The molecule has 7 nitrogen and oxygen atoms in total. The van der Waals surface area contributed by atoms with Crippen LogP contribution in [0.4, 0.5) is 10.1 Å². The van der Waals surface area contributed by atoms with Crippen molar-refractivity contribution in [1.29, 1.82) is 0 Å². The molecule has 9 heteroatoms. The average molecular weight is 400 g/mol. The van der Waals surface area contributed by atoms with Crippen molar-refractivity contribution >= 4 is 23.4 Å². The lowest BCUT2D eigenvalue weighted by Gasteiger charge is -2.12. The highest BCUT2D eigenvalue weighted by Crippen LogP contribution is 2.34. The summed E-state index contributed by atoms with van der Waals surface area (Å²) in [4.78, 5) is 12.5. The first-order chi connectivity index (χ1) is 13.5. The van der Waals surface area contributed by atoms with E-state index in [-0.39, 0.29) is 18.5 Å². The Morgan fingerprint density at radius 1 is 1.21 bits per heavy atom. The summed E-state index contributed by atoms with van der Waals surface area (Å²) >= 11 is 1.27. The predicted octanol–water partition coefficient (Wildman–Crippen LogP) is 3.47. The van der Waals surface area contributed by atoms with Crippen LogP contribution in [-0.4, -0.2) is 32.7 Å². The number of anilines is 1. The summed E-state index contributed by atoms with van der Waals surface area (Å²) in [6, 6.07) is 11.4. The van der Waals surface area contributed by atoms with Gasteiger partial charge in [0, 0.05) is 24.4 Å². The molecule has 0 aliphatic carbocycles. The van der Waals surface area contributed by atoms with E-state index in [0.717, 1.165) is 0 Å². The molecule has 0 spiro atoms. The molecule has 28 heavy (non-hydrogen) atoms. The molecule has 4 rings (SSSR count). The number of carbonyl (C=O) groups excluding carboxylic acids is 1. The number of fused-ring (bicyclic) bond motifs is 1. The molecule has 0 radical (unpaired) electrons. The average Bonchev–Trinajstić information content (AvgIpc) is 3.28. The molecule has 1 atom stereocenters. The maximum absolute atomic E-state index is 13.5. The lowest BCUT2D eigenvalue weighted by Crippen LogP contribution is -2.22. The van der Waals surface area contributed by atoms with Gasteiger partial charge in [0.05, 0.1) is 5.25 Å². The van der Waals surface area contributed by atoms with E-state index < -0.39 is 5.25 Å². The highest BCUT2D eigenvalue weighted by atomic mass is 32.2. The summed E-state index contributed by atoms with van der Waals surface area (Å²) < 4.78 is 25.8. The molecular formula is C19H17FN4O3S. The summed E-state index contributed by atoms with van der Waals surface area (Å²) in [5.74, 6) is 1.27. The van der Waals surface area contributed by atoms with E-state index >= 15 is 0 Å². The number of thioether (sulfide) groups is 1. The molecule has 1 aliphatic heterocycles. The molecule has 1 N–H and O–H groups in total. The first-order valence-electron chi connectivity index (χ1n) is 8.54. The Labute approximate surface area is 164 Å². The minimum absolute atomic E-state index is 0.179. The largest absolute Gasteiger partial charge is 0.454 e. The van der Waals surface area contributed by atoms with Crippen molar-refractivity contribution in [2.24, 2.45) is 7.05 Å². The van der Waals surface area contributed by atoms with Gasteiger partial charge in [0.15, 0.2) is 22.5 Å². The Morgan fingerprint density at radius 2 is 2.04 bits per heavy atom. The lowest BCUT2D eigenvalue weighted by molar-refractivity contribution is -0.115. The van der Waals surface area contributed by atoms with Crippen molar-refractivity contribution in [3.63, 3.8) is 0 Å². The zero-order valence-electron chi connectivity index (χ0n) is 15.2. The zero-order valence-corrected chi connectivity index (χ0v) is 16.0. The monoisotopic (exact) mass is 400 g/mol. The van der Waals surface area contributed by atoms with Gasteiger partial charge in [-0.05, 0) is 31.2 Å². The highest BCUT2D eigenvalue weighted by Gasteiger charge is 2.21. The van der Waals surface area contributed by atoms with Crippen LogP contribution in [-0.2, 0) is 11.8 Å². The fourth-order valence-corrected chi connectivity index (χ4v) is 3.54. The molecule has 3 aromatic rings. The van der Waals surface area contributed by atoms with Crippen molar-refractivity contribution in [2.45, 2.75) is 17.3 Å². The third-order valence-corrected chi connectivity index (χ3v) is 5.34. The number of hydrogen-bond acceptors (Lipinski definition) is 6. The molecule has 0 saturated heterocycles. The number of carbonyl (C=O) groups is 1. The van der Waals surface area contributed by atoms with Gasteiger partial charge in [-0.25, -0.2) is 4.39 Å². The predicted molar refractivity (Wildman–Crippen MR) is 103 cm³/mol. The zero-order chi connectivity index (χ0) is 19.7. The Hall–Kier alpha value is -3.07. The summed E-state index contributed by atoms with van der Waals surface area (Å²) in [5, 5.41) is 11.3. The molecule has 0 bridgehead atoms. The van der Waals surface area contributed by atoms with Crippen LogP contribution in [0.15, 0.2) is 47.6 Å². The van der Waals surface area contributed by atoms with E-state index in [1.807, 2.05) is 0 Å². The number of aromatic nitrogens is 3. The van der Waals surface area contributed by atoms with Crippen molar-refractivity contribution in [2.75, 3.05) is 12.1 Å². The maximum Gasteiger partial charge on any atom is 0.237 e. The molecule has 2 aromatic carbocycles. The first-order valence-corrected chi connectivity index (χ1v) is 9.42. The van der Waals surface area contributed by atoms with Crippen LogP contribution in [0.5, 0.6) is 11.5 Å². The van der Waals surface area contributed by atoms with Crippen molar-refractivity contribution in [3.8, 4) is 22.9 Å². The Bertz CT molecular complexity index is 1040. The van der Waals surface area contributed by atoms with Gasteiger partial charge < -0.3 is 19.4 Å². The summed E-state index contributed by atoms with van der Waals surface area (Å²) in [5.41, 5.74) is 1.25. The second kappa shape index (κ2) is 7.51. The molecule has 0 saturated carbocycles. The van der Waals surface area contributed by atoms with Crippen LogP contribution in [0.1, 0.15) is 6.92 Å². The number of benzene rings is 2. The quantitative estimate of drug-likeness (QED) is 0.661. The third kappa shape index (κ3) is 3.65. The standard InChI is InChI=1S/C19H17FN4O3S/c1-11(18(25)21-14-6-7-15-16(9-14)27-10-26-15)28-19-23-22-17(24(19)2)12-4-3-5-13(20)8-12/h3-9,11H,10H2,1-2H3,(H,21,25). The van der Waals surface area contributed by atoms with Crippen molar-refractivity contribution in [3.05, 3.63) is 48.3 Å². The van der Waals surface area contributed by atoms with Gasteiger partial charge in [-0.15, -0.1) is 10.2 Å². The number of amides is 1. The van der Waals surface area contributed by atoms with Crippen LogP contribution in [0.25, 0.3) is 11.4 Å². The van der Waals surface area contributed by atoms with E-state index in [1.54, 1.807) is 48.9 Å². The van der Waals surface area contributed by atoms with Crippen LogP contribution < -0.4 is 14.8 Å². The van der Waals surface area contributed by atoms with Crippen LogP contribution >= 0.6 is 11.8 Å². The number of nitrogens with one attached hydrogen (secondary N) is 1. The maximum atomic E-state index is 13.5. The fraction of sp³-hybridized carbons (Fsp3) is 0.211. The minimum Gasteiger partial charge on any atom is -0.454 e. The van der Waals surface area contributed by atoms with Gasteiger partial charge in [0.25, 0.3) is 0 Å². The molecule has 1 aromatic heterocycles. The highest BCUT2D eigenvalue weighted by molar-refractivity contribution is 8.00. The Balaban J connectivity index is 1.45. The van der Waals surface area contributed by atoms with Gasteiger partial charge in [-0.1, -0.05) is 23.9 Å². The normalized spacial score (nSPS) is 13.4. The molecule has 144 valence electrons. The summed E-state index contributed by atoms with van der Waals surface area (Å²) in [6.45, 7) is 1.96. The van der Waals surface area contributed by atoms with Crippen LogP contribution in [0.3, 0.4) is 0 Å². The van der Waals surface area contributed by atoms with E-state index in [0.29, 0.717) is 33.7 Å². The molecule has 0 fully saturated rings.